The smallest absolute Gasteiger partial charge is 0.183 e. The molecule has 1 saturated carbocycles. The standard InChI is InChI=1S/C10H18O4/c11-7-1-3-8(4-2-7)14-10-9(12)5-6-13-10/h7-12H,1-6H2. The first-order chi connectivity index (χ1) is 6.75. The summed E-state index contributed by atoms with van der Waals surface area (Å²) in [5, 5.41) is 18.8. The van der Waals surface area contributed by atoms with Gasteiger partial charge in [-0.15, -0.1) is 0 Å². The van der Waals surface area contributed by atoms with Crippen LogP contribution in [0.5, 0.6) is 0 Å². The van der Waals surface area contributed by atoms with Crippen LogP contribution in [-0.2, 0) is 9.47 Å². The highest BCUT2D eigenvalue weighted by atomic mass is 16.7. The highest BCUT2D eigenvalue weighted by molar-refractivity contribution is 4.75. The van der Waals surface area contributed by atoms with Crippen molar-refractivity contribution >= 4 is 0 Å². The van der Waals surface area contributed by atoms with Gasteiger partial charge in [0, 0.05) is 6.42 Å². The van der Waals surface area contributed by atoms with E-state index in [-0.39, 0.29) is 12.2 Å². The quantitative estimate of drug-likeness (QED) is 0.681. The van der Waals surface area contributed by atoms with Gasteiger partial charge < -0.3 is 19.7 Å². The van der Waals surface area contributed by atoms with Gasteiger partial charge in [0.25, 0.3) is 0 Å². The lowest BCUT2D eigenvalue weighted by Crippen LogP contribution is -2.33. The van der Waals surface area contributed by atoms with Crippen LogP contribution >= 0.6 is 0 Å². The Hall–Kier alpha value is -0.160. The second-order valence-electron chi connectivity index (χ2n) is 4.16. The van der Waals surface area contributed by atoms with Crippen LogP contribution in [0.1, 0.15) is 32.1 Å². The summed E-state index contributed by atoms with van der Waals surface area (Å²) in [6, 6.07) is 0. The summed E-state index contributed by atoms with van der Waals surface area (Å²) < 4.78 is 10.9. The molecule has 0 aromatic carbocycles. The van der Waals surface area contributed by atoms with E-state index in [9.17, 15) is 10.2 Å². The number of hydrogen-bond donors (Lipinski definition) is 2. The van der Waals surface area contributed by atoms with Crippen molar-refractivity contribution in [3.8, 4) is 0 Å². The Kier molecular flexibility index (Phi) is 3.38. The predicted octanol–water partition coefficient (Wildman–Crippen LogP) is 0.414. The first-order valence-corrected chi connectivity index (χ1v) is 5.39. The molecule has 1 saturated heterocycles. The summed E-state index contributed by atoms with van der Waals surface area (Å²) in [7, 11) is 0. The molecule has 0 aromatic heterocycles. The third-order valence-corrected chi connectivity index (χ3v) is 2.98. The molecule has 0 amide bonds. The molecule has 2 fully saturated rings. The van der Waals surface area contributed by atoms with Crippen molar-refractivity contribution in [2.75, 3.05) is 6.61 Å². The van der Waals surface area contributed by atoms with Gasteiger partial charge in [0.15, 0.2) is 6.29 Å². The molecular weight excluding hydrogens is 184 g/mol. The van der Waals surface area contributed by atoms with Crippen LogP contribution in [-0.4, -0.2) is 41.4 Å². The predicted molar refractivity (Wildman–Crippen MR) is 49.7 cm³/mol. The fourth-order valence-corrected chi connectivity index (χ4v) is 2.05. The van der Waals surface area contributed by atoms with Gasteiger partial charge in [-0.3, -0.25) is 0 Å². The van der Waals surface area contributed by atoms with Crippen molar-refractivity contribution in [1.82, 2.24) is 0 Å². The van der Waals surface area contributed by atoms with Crippen LogP contribution in [0.3, 0.4) is 0 Å². The molecule has 1 heterocycles. The van der Waals surface area contributed by atoms with Gasteiger partial charge in [-0.1, -0.05) is 0 Å². The average molecular weight is 202 g/mol. The van der Waals surface area contributed by atoms with Crippen LogP contribution in [0, 0.1) is 0 Å². The second kappa shape index (κ2) is 4.57. The third kappa shape index (κ3) is 2.45. The van der Waals surface area contributed by atoms with Crippen LogP contribution in [0.4, 0.5) is 0 Å². The Balaban J connectivity index is 1.74. The first-order valence-electron chi connectivity index (χ1n) is 5.39. The summed E-state index contributed by atoms with van der Waals surface area (Å²) in [4.78, 5) is 0. The molecule has 2 N–H and O–H groups in total. The largest absolute Gasteiger partial charge is 0.393 e. The van der Waals surface area contributed by atoms with Crippen molar-refractivity contribution < 1.29 is 19.7 Å². The molecule has 0 aromatic rings. The molecule has 14 heavy (non-hydrogen) atoms. The number of rotatable bonds is 2. The summed E-state index contributed by atoms with van der Waals surface area (Å²) in [6.45, 7) is 0.585. The zero-order valence-corrected chi connectivity index (χ0v) is 8.26. The molecule has 2 rings (SSSR count). The van der Waals surface area contributed by atoms with E-state index < -0.39 is 12.4 Å². The van der Waals surface area contributed by atoms with Crippen molar-refractivity contribution in [2.45, 2.75) is 56.7 Å². The van der Waals surface area contributed by atoms with Crippen LogP contribution < -0.4 is 0 Å². The first kappa shape index (κ1) is 10.4. The molecule has 0 radical (unpaired) electrons. The maximum absolute atomic E-state index is 9.47. The van der Waals surface area contributed by atoms with Crippen molar-refractivity contribution in [1.29, 1.82) is 0 Å². The van der Waals surface area contributed by atoms with E-state index in [4.69, 9.17) is 9.47 Å². The average Bonchev–Trinajstić information content (AvgIpc) is 2.56. The van der Waals surface area contributed by atoms with Crippen LogP contribution in [0.2, 0.25) is 0 Å². The second-order valence-corrected chi connectivity index (χ2v) is 4.16. The van der Waals surface area contributed by atoms with Gasteiger partial charge in [0.1, 0.15) is 6.10 Å². The van der Waals surface area contributed by atoms with Gasteiger partial charge >= 0.3 is 0 Å². The minimum absolute atomic E-state index is 0.149. The molecule has 4 heteroatoms. The molecule has 4 nitrogen and oxygen atoms in total. The Bertz CT molecular complexity index is 177. The zero-order chi connectivity index (χ0) is 9.97. The highest BCUT2D eigenvalue weighted by Crippen LogP contribution is 2.25. The van der Waals surface area contributed by atoms with E-state index in [1.54, 1.807) is 0 Å². The van der Waals surface area contributed by atoms with Crippen LogP contribution in [0.25, 0.3) is 0 Å². The molecule has 0 spiro atoms. The molecule has 2 aliphatic rings. The number of ether oxygens (including phenoxy) is 2. The minimum Gasteiger partial charge on any atom is -0.393 e. The lowest BCUT2D eigenvalue weighted by atomic mass is 9.95. The molecule has 0 bridgehead atoms. The zero-order valence-electron chi connectivity index (χ0n) is 8.26. The Morgan fingerprint density at radius 3 is 2.29 bits per heavy atom. The number of aliphatic hydroxyl groups is 2. The van der Waals surface area contributed by atoms with Crippen molar-refractivity contribution in [3.05, 3.63) is 0 Å². The van der Waals surface area contributed by atoms with Crippen LogP contribution in [0.15, 0.2) is 0 Å². The van der Waals surface area contributed by atoms with E-state index in [0.717, 1.165) is 25.7 Å². The molecule has 2 atom stereocenters. The van der Waals surface area contributed by atoms with Crippen molar-refractivity contribution in [3.63, 3.8) is 0 Å². The monoisotopic (exact) mass is 202 g/mol. The maximum atomic E-state index is 9.47. The highest BCUT2D eigenvalue weighted by Gasteiger charge is 2.31. The van der Waals surface area contributed by atoms with E-state index >= 15 is 0 Å². The van der Waals surface area contributed by atoms with Gasteiger partial charge in [0.05, 0.1) is 18.8 Å². The van der Waals surface area contributed by atoms with Gasteiger partial charge in [-0.05, 0) is 25.7 Å². The fourth-order valence-electron chi connectivity index (χ4n) is 2.05. The molecule has 1 aliphatic carbocycles. The molecule has 82 valence electrons. The lowest BCUT2D eigenvalue weighted by molar-refractivity contribution is -0.186. The number of hydrogen-bond acceptors (Lipinski definition) is 4. The minimum atomic E-state index is -0.471. The van der Waals surface area contributed by atoms with E-state index in [2.05, 4.69) is 0 Å². The SMILES string of the molecule is OC1CCC(OC2OCCC2O)CC1. The normalized spacial score (nSPS) is 44.1. The molecular formula is C10H18O4. The van der Waals surface area contributed by atoms with Gasteiger partial charge in [-0.2, -0.15) is 0 Å². The van der Waals surface area contributed by atoms with E-state index in [1.807, 2.05) is 0 Å². The summed E-state index contributed by atoms with van der Waals surface area (Å²) in [5.41, 5.74) is 0. The Labute approximate surface area is 83.8 Å². The van der Waals surface area contributed by atoms with Gasteiger partial charge in [-0.25, -0.2) is 0 Å². The summed E-state index contributed by atoms with van der Waals surface area (Å²) in [6.07, 6.45) is 3.08. The van der Waals surface area contributed by atoms with E-state index in [1.165, 1.54) is 0 Å². The lowest BCUT2D eigenvalue weighted by Gasteiger charge is -2.28. The van der Waals surface area contributed by atoms with Gasteiger partial charge in [0.2, 0.25) is 0 Å². The Morgan fingerprint density at radius 1 is 1.00 bits per heavy atom. The van der Waals surface area contributed by atoms with E-state index in [0.29, 0.717) is 13.0 Å². The van der Waals surface area contributed by atoms with Crippen molar-refractivity contribution in [2.24, 2.45) is 0 Å². The fraction of sp³-hybridized carbons (Fsp3) is 1.00. The third-order valence-electron chi connectivity index (χ3n) is 2.98. The summed E-state index contributed by atoms with van der Waals surface area (Å²) >= 11 is 0. The molecule has 2 unspecified atom stereocenters. The topological polar surface area (TPSA) is 58.9 Å². The Morgan fingerprint density at radius 2 is 1.71 bits per heavy atom. The molecule has 1 aliphatic heterocycles. The summed E-state index contributed by atoms with van der Waals surface area (Å²) in [5.74, 6) is 0. The number of aliphatic hydroxyl groups excluding tert-OH is 2. The maximum Gasteiger partial charge on any atom is 0.183 e.